The van der Waals surface area contributed by atoms with Crippen molar-refractivity contribution >= 4 is 12.1 Å². The number of carbonyl (C=O) groups excluding carboxylic acids is 2. The predicted molar refractivity (Wildman–Crippen MR) is 59.7 cm³/mol. The van der Waals surface area contributed by atoms with Crippen LogP contribution in [0.5, 0.6) is 0 Å². The van der Waals surface area contributed by atoms with E-state index in [1.54, 1.807) is 27.7 Å². The highest BCUT2D eigenvalue weighted by Gasteiger charge is 2.19. The van der Waals surface area contributed by atoms with Crippen molar-refractivity contribution in [2.24, 2.45) is 0 Å². The molecule has 0 aliphatic rings. The summed E-state index contributed by atoms with van der Waals surface area (Å²) < 4.78 is 9.88. The lowest BCUT2D eigenvalue weighted by atomic mass is 10.2. The molecule has 0 aromatic carbocycles. The zero-order chi connectivity index (χ0) is 12.8. The first-order chi connectivity index (χ1) is 7.28. The fourth-order valence-corrected chi connectivity index (χ4v) is 0.842. The van der Waals surface area contributed by atoms with Crippen molar-refractivity contribution in [1.82, 2.24) is 5.32 Å². The van der Waals surface area contributed by atoms with Gasteiger partial charge >= 0.3 is 12.1 Å². The van der Waals surface area contributed by atoms with Crippen LogP contribution in [0.4, 0.5) is 4.79 Å². The number of esters is 1. The Bertz CT molecular complexity index is 268. The van der Waals surface area contributed by atoms with E-state index in [0.29, 0.717) is 6.42 Å². The average molecular weight is 229 g/mol. The van der Waals surface area contributed by atoms with Crippen LogP contribution in [0.15, 0.2) is 12.7 Å². The van der Waals surface area contributed by atoms with Crippen molar-refractivity contribution < 1.29 is 19.1 Å². The number of ether oxygens (including phenoxy) is 2. The van der Waals surface area contributed by atoms with E-state index in [9.17, 15) is 9.59 Å². The summed E-state index contributed by atoms with van der Waals surface area (Å²) in [4.78, 5) is 22.3. The molecule has 0 bridgehead atoms. The van der Waals surface area contributed by atoms with Gasteiger partial charge in [0.05, 0.1) is 0 Å². The first-order valence-corrected chi connectivity index (χ1v) is 5.11. The van der Waals surface area contributed by atoms with Gasteiger partial charge in [-0.25, -0.2) is 9.59 Å². The number of alkyl carbamates (subject to hydrolysis) is 1. The van der Waals surface area contributed by atoms with E-state index in [1.165, 1.54) is 0 Å². The van der Waals surface area contributed by atoms with Crippen LogP contribution in [0.2, 0.25) is 0 Å². The zero-order valence-corrected chi connectivity index (χ0v) is 10.2. The van der Waals surface area contributed by atoms with Gasteiger partial charge in [0, 0.05) is 12.5 Å². The molecule has 0 saturated heterocycles. The van der Waals surface area contributed by atoms with Gasteiger partial charge in [-0.2, -0.15) is 0 Å². The molecule has 5 heteroatoms. The molecule has 1 amide bonds. The quantitative estimate of drug-likeness (QED) is 0.455. The molecule has 1 N–H and O–H groups in total. The Kier molecular flexibility index (Phi) is 5.56. The molecule has 0 aromatic heterocycles. The number of nitrogens with one attached hydrogen (secondary N) is 1. The van der Waals surface area contributed by atoms with Gasteiger partial charge in [-0.3, -0.25) is 5.32 Å². The number of amides is 1. The van der Waals surface area contributed by atoms with Crippen LogP contribution >= 0.6 is 0 Å². The normalized spacial score (nSPS) is 12.5. The van der Waals surface area contributed by atoms with Crippen LogP contribution in [0, 0.1) is 0 Å². The number of hydrogen-bond acceptors (Lipinski definition) is 4. The Hall–Kier alpha value is -1.52. The van der Waals surface area contributed by atoms with Gasteiger partial charge in [0.2, 0.25) is 0 Å². The van der Waals surface area contributed by atoms with E-state index >= 15 is 0 Å². The van der Waals surface area contributed by atoms with Gasteiger partial charge < -0.3 is 9.47 Å². The maximum Gasteiger partial charge on any atom is 0.410 e. The van der Waals surface area contributed by atoms with E-state index in [4.69, 9.17) is 9.47 Å². The number of rotatable bonds is 4. The summed E-state index contributed by atoms with van der Waals surface area (Å²) in [5.74, 6) is -0.581. The molecule has 16 heavy (non-hydrogen) atoms. The lowest BCUT2D eigenvalue weighted by Crippen LogP contribution is -2.41. The molecule has 1 atom stereocenters. The van der Waals surface area contributed by atoms with Crippen LogP contribution < -0.4 is 5.32 Å². The largest absolute Gasteiger partial charge is 0.444 e. The highest BCUT2D eigenvalue weighted by Crippen LogP contribution is 2.07. The minimum atomic E-state index is -0.694. The first kappa shape index (κ1) is 14.5. The molecule has 0 rings (SSSR count). The van der Waals surface area contributed by atoms with E-state index in [2.05, 4.69) is 11.9 Å². The fourth-order valence-electron chi connectivity index (χ4n) is 0.842. The third kappa shape index (κ3) is 6.86. The Labute approximate surface area is 95.8 Å². The molecule has 0 radical (unpaired) electrons. The minimum Gasteiger partial charge on any atom is -0.444 e. The second-order valence-corrected chi connectivity index (χ2v) is 4.18. The van der Waals surface area contributed by atoms with Crippen LogP contribution in [0.25, 0.3) is 0 Å². The molecule has 0 saturated carbocycles. The lowest BCUT2D eigenvalue weighted by molar-refractivity contribution is -0.144. The van der Waals surface area contributed by atoms with Gasteiger partial charge in [0.1, 0.15) is 5.60 Å². The minimum absolute atomic E-state index is 0.457. The molecule has 0 aliphatic heterocycles. The summed E-state index contributed by atoms with van der Waals surface area (Å²) in [5, 5.41) is 2.44. The van der Waals surface area contributed by atoms with Crippen LogP contribution in [0.3, 0.4) is 0 Å². The monoisotopic (exact) mass is 229 g/mol. The second kappa shape index (κ2) is 6.15. The topological polar surface area (TPSA) is 64.6 Å². The summed E-state index contributed by atoms with van der Waals surface area (Å²) in [6.45, 7) is 10.3. The van der Waals surface area contributed by atoms with E-state index in [0.717, 1.165) is 6.08 Å². The third-order valence-electron chi connectivity index (χ3n) is 1.47. The summed E-state index contributed by atoms with van der Waals surface area (Å²) in [6, 6.07) is 0. The van der Waals surface area contributed by atoms with Gasteiger partial charge in [-0.1, -0.05) is 13.5 Å². The Morgan fingerprint density at radius 2 is 2.00 bits per heavy atom. The Balaban J connectivity index is 4.17. The van der Waals surface area contributed by atoms with Crippen LogP contribution in [-0.2, 0) is 14.3 Å². The van der Waals surface area contributed by atoms with Gasteiger partial charge in [-0.05, 0) is 20.8 Å². The van der Waals surface area contributed by atoms with E-state index < -0.39 is 23.9 Å². The molecule has 0 heterocycles. The zero-order valence-electron chi connectivity index (χ0n) is 10.2. The van der Waals surface area contributed by atoms with Crippen molar-refractivity contribution in [3.63, 3.8) is 0 Å². The molecule has 0 aliphatic carbocycles. The standard InChI is InChI=1S/C11H19NO4/c1-6-8(15-9(13)7-2)12-10(14)16-11(3,4)5/h7-8H,2,6H2,1,3-5H3,(H,12,14). The molecular weight excluding hydrogens is 210 g/mol. The predicted octanol–water partition coefficient (Wildman–Crippen LogP) is 1.98. The van der Waals surface area contributed by atoms with Crippen molar-refractivity contribution in [2.75, 3.05) is 0 Å². The van der Waals surface area contributed by atoms with Crippen molar-refractivity contribution in [3.05, 3.63) is 12.7 Å². The van der Waals surface area contributed by atoms with Gasteiger partial charge in [0.15, 0.2) is 6.23 Å². The Morgan fingerprint density at radius 3 is 2.38 bits per heavy atom. The number of hydrogen-bond donors (Lipinski definition) is 1. The van der Waals surface area contributed by atoms with Crippen LogP contribution in [0.1, 0.15) is 34.1 Å². The maximum atomic E-state index is 11.3. The Morgan fingerprint density at radius 1 is 1.44 bits per heavy atom. The smallest absolute Gasteiger partial charge is 0.410 e. The van der Waals surface area contributed by atoms with Crippen molar-refractivity contribution in [2.45, 2.75) is 45.9 Å². The highest BCUT2D eigenvalue weighted by atomic mass is 16.6. The van der Waals surface area contributed by atoms with Crippen molar-refractivity contribution in [1.29, 1.82) is 0 Å². The van der Waals surface area contributed by atoms with Crippen molar-refractivity contribution in [3.8, 4) is 0 Å². The first-order valence-electron chi connectivity index (χ1n) is 5.11. The fraction of sp³-hybridized carbons (Fsp3) is 0.636. The average Bonchev–Trinajstić information content (AvgIpc) is 2.13. The highest BCUT2D eigenvalue weighted by molar-refractivity contribution is 5.81. The van der Waals surface area contributed by atoms with Gasteiger partial charge in [-0.15, -0.1) is 0 Å². The van der Waals surface area contributed by atoms with Crippen LogP contribution in [-0.4, -0.2) is 23.9 Å². The van der Waals surface area contributed by atoms with E-state index in [1.807, 2.05) is 0 Å². The summed E-state index contributed by atoms with van der Waals surface area (Å²) in [5.41, 5.74) is -0.579. The van der Waals surface area contributed by atoms with Gasteiger partial charge in [0.25, 0.3) is 0 Å². The SMILES string of the molecule is C=CC(=O)OC(CC)NC(=O)OC(C)(C)C. The summed E-state index contributed by atoms with van der Waals surface area (Å²) in [7, 11) is 0. The maximum absolute atomic E-state index is 11.3. The molecule has 0 spiro atoms. The molecule has 92 valence electrons. The molecule has 5 nitrogen and oxygen atoms in total. The lowest BCUT2D eigenvalue weighted by Gasteiger charge is -2.22. The molecule has 0 fully saturated rings. The molecular formula is C11H19NO4. The molecule has 0 aromatic rings. The summed E-state index contributed by atoms with van der Waals surface area (Å²) in [6.07, 6.45) is 0.190. The number of carbonyl (C=O) groups is 2. The summed E-state index contributed by atoms with van der Waals surface area (Å²) >= 11 is 0. The second-order valence-electron chi connectivity index (χ2n) is 4.18. The van der Waals surface area contributed by atoms with E-state index in [-0.39, 0.29) is 0 Å². The molecule has 1 unspecified atom stereocenters. The third-order valence-corrected chi connectivity index (χ3v) is 1.47.